The number of carbonyl (C=O) groups excluding carboxylic acids is 3. The number of pyridine rings is 1. The molecule has 34 heavy (non-hydrogen) atoms. The molecule has 0 aliphatic carbocycles. The van der Waals surface area contributed by atoms with Gasteiger partial charge < -0.3 is 18.9 Å². The van der Waals surface area contributed by atoms with Crippen LogP contribution in [0, 0.1) is 11.8 Å². The highest BCUT2D eigenvalue weighted by Gasteiger charge is 2.29. The average Bonchev–Trinajstić information content (AvgIpc) is 2.79. The van der Waals surface area contributed by atoms with Gasteiger partial charge in [-0.3, -0.25) is 14.4 Å². The number of esters is 2. The molecule has 3 atom stereocenters. The van der Waals surface area contributed by atoms with Gasteiger partial charge in [0.2, 0.25) is 6.79 Å². The van der Waals surface area contributed by atoms with E-state index in [2.05, 4.69) is 18.8 Å². The first-order valence-corrected chi connectivity index (χ1v) is 11.2. The van der Waals surface area contributed by atoms with Crippen LogP contribution in [-0.4, -0.2) is 42.7 Å². The van der Waals surface area contributed by atoms with Gasteiger partial charge in [-0.1, -0.05) is 51.1 Å². The van der Waals surface area contributed by atoms with E-state index >= 15 is 0 Å². The number of rotatable bonds is 12. The summed E-state index contributed by atoms with van der Waals surface area (Å²) >= 11 is 0. The fourth-order valence-electron chi connectivity index (χ4n) is 3.80. The third kappa shape index (κ3) is 7.30. The van der Waals surface area contributed by atoms with Crippen molar-refractivity contribution < 1.29 is 33.3 Å². The lowest BCUT2D eigenvalue weighted by Crippen LogP contribution is -2.29. The second-order valence-corrected chi connectivity index (χ2v) is 8.44. The molecule has 0 radical (unpaired) electrons. The molecule has 8 nitrogen and oxygen atoms in total. The standard InChI is InChI=1S/C26H33NO7/c1-16(2)23(20-10-8-7-9-11-20)18(4)34-26(30)17(3)14-21(29)24-25(33-15-32-19(5)28)22(31-6)12-13-27-24/h7-13,16-18,23H,14-15H2,1-6H3/t17-,18+,23+/m1/s1. The molecular formula is C26H33NO7. The van der Waals surface area contributed by atoms with Crippen molar-refractivity contribution in [3.63, 3.8) is 0 Å². The molecule has 0 amide bonds. The molecule has 0 fully saturated rings. The average molecular weight is 472 g/mol. The quantitative estimate of drug-likeness (QED) is 0.252. The van der Waals surface area contributed by atoms with Crippen molar-refractivity contribution in [3.05, 3.63) is 53.9 Å². The van der Waals surface area contributed by atoms with Crippen molar-refractivity contribution in [1.29, 1.82) is 0 Å². The van der Waals surface area contributed by atoms with Gasteiger partial charge in [0.25, 0.3) is 0 Å². The minimum atomic E-state index is -0.701. The number of ketones is 1. The van der Waals surface area contributed by atoms with Crippen LogP contribution in [0.4, 0.5) is 0 Å². The first-order valence-electron chi connectivity index (χ1n) is 11.2. The summed E-state index contributed by atoms with van der Waals surface area (Å²) in [5.74, 6) is -1.53. The molecule has 0 bridgehead atoms. The molecule has 2 rings (SSSR count). The van der Waals surface area contributed by atoms with Gasteiger partial charge in [0.1, 0.15) is 6.10 Å². The van der Waals surface area contributed by atoms with Crippen molar-refractivity contribution in [2.75, 3.05) is 13.9 Å². The highest BCUT2D eigenvalue weighted by atomic mass is 16.7. The molecule has 184 valence electrons. The number of methoxy groups -OCH3 is 1. The summed E-state index contributed by atoms with van der Waals surface area (Å²) in [5.41, 5.74) is 1.08. The molecule has 1 heterocycles. The maximum Gasteiger partial charge on any atom is 0.309 e. The molecule has 8 heteroatoms. The predicted octanol–water partition coefficient (Wildman–Crippen LogP) is 4.57. The number of aromatic nitrogens is 1. The Kier molecular flexibility index (Phi) is 10.0. The lowest BCUT2D eigenvalue weighted by Gasteiger charge is -2.28. The Morgan fingerprint density at radius 3 is 2.26 bits per heavy atom. The molecule has 0 saturated carbocycles. The summed E-state index contributed by atoms with van der Waals surface area (Å²) in [4.78, 5) is 40.9. The van der Waals surface area contributed by atoms with Crippen molar-refractivity contribution in [2.24, 2.45) is 11.8 Å². The second-order valence-electron chi connectivity index (χ2n) is 8.44. The number of Topliss-reactive ketones (excluding diaryl/α,β-unsaturated/α-hetero) is 1. The molecule has 0 unspecified atom stereocenters. The number of hydrogen-bond donors (Lipinski definition) is 0. The monoisotopic (exact) mass is 471 g/mol. The Hall–Kier alpha value is -3.42. The van der Waals surface area contributed by atoms with Gasteiger partial charge in [0, 0.05) is 31.5 Å². The van der Waals surface area contributed by atoms with Crippen LogP contribution in [0.15, 0.2) is 42.6 Å². The maximum absolute atomic E-state index is 13.0. The fourth-order valence-corrected chi connectivity index (χ4v) is 3.80. The number of nitrogens with zero attached hydrogens (tertiary/aromatic N) is 1. The summed E-state index contributed by atoms with van der Waals surface area (Å²) in [6, 6.07) is 11.4. The topological polar surface area (TPSA) is 101 Å². The fraction of sp³-hybridized carbons (Fsp3) is 0.462. The third-order valence-corrected chi connectivity index (χ3v) is 5.42. The van der Waals surface area contributed by atoms with E-state index in [0.717, 1.165) is 5.56 Å². The lowest BCUT2D eigenvalue weighted by atomic mass is 9.84. The highest BCUT2D eigenvalue weighted by Crippen LogP contribution is 2.32. The van der Waals surface area contributed by atoms with Crippen molar-refractivity contribution in [2.45, 2.75) is 53.1 Å². The van der Waals surface area contributed by atoms with Crippen LogP contribution in [0.2, 0.25) is 0 Å². The van der Waals surface area contributed by atoms with Gasteiger partial charge in [-0.2, -0.15) is 0 Å². The molecule has 2 aromatic rings. The van der Waals surface area contributed by atoms with E-state index in [-0.39, 0.29) is 41.6 Å². The van der Waals surface area contributed by atoms with Gasteiger partial charge in [0.05, 0.1) is 13.0 Å². The molecule has 1 aromatic heterocycles. The van der Waals surface area contributed by atoms with Crippen LogP contribution in [0.1, 0.15) is 63.0 Å². The summed E-state index contributed by atoms with van der Waals surface area (Å²) in [6.07, 6.45) is 0.904. The van der Waals surface area contributed by atoms with Crippen LogP contribution in [0.25, 0.3) is 0 Å². The van der Waals surface area contributed by atoms with E-state index in [1.807, 2.05) is 37.3 Å². The minimum absolute atomic E-state index is 0.0106. The Bertz CT molecular complexity index is 974. The van der Waals surface area contributed by atoms with Gasteiger partial charge in [-0.25, -0.2) is 4.98 Å². The largest absolute Gasteiger partial charge is 0.493 e. The summed E-state index contributed by atoms with van der Waals surface area (Å²) < 4.78 is 21.2. The molecule has 0 N–H and O–H groups in total. The van der Waals surface area contributed by atoms with Gasteiger partial charge >= 0.3 is 11.9 Å². The second kappa shape index (κ2) is 12.7. The number of carbonyl (C=O) groups is 3. The highest BCUT2D eigenvalue weighted by molar-refractivity contribution is 5.99. The van der Waals surface area contributed by atoms with E-state index < -0.39 is 30.4 Å². The Morgan fingerprint density at radius 1 is 1.00 bits per heavy atom. The molecule has 0 aliphatic heterocycles. The van der Waals surface area contributed by atoms with Gasteiger partial charge in [-0.15, -0.1) is 0 Å². The maximum atomic E-state index is 13.0. The normalized spacial score (nSPS) is 13.5. The molecule has 0 saturated heterocycles. The van der Waals surface area contributed by atoms with Crippen LogP contribution >= 0.6 is 0 Å². The smallest absolute Gasteiger partial charge is 0.309 e. The van der Waals surface area contributed by atoms with E-state index in [4.69, 9.17) is 18.9 Å². The van der Waals surface area contributed by atoms with E-state index in [9.17, 15) is 14.4 Å². The zero-order valence-electron chi connectivity index (χ0n) is 20.6. The van der Waals surface area contributed by atoms with Crippen LogP contribution < -0.4 is 9.47 Å². The minimum Gasteiger partial charge on any atom is -0.493 e. The van der Waals surface area contributed by atoms with Crippen molar-refractivity contribution >= 4 is 17.7 Å². The first-order chi connectivity index (χ1) is 16.1. The first kappa shape index (κ1) is 26.8. The van der Waals surface area contributed by atoms with Crippen LogP contribution in [0.3, 0.4) is 0 Å². The number of ether oxygens (including phenoxy) is 4. The van der Waals surface area contributed by atoms with E-state index in [1.54, 1.807) is 6.92 Å². The van der Waals surface area contributed by atoms with Crippen molar-refractivity contribution in [3.8, 4) is 11.5 Å². The van der Waals surface area contributed by atoms with E-state index in [1.165, 1.54) is 26.3 Å². The third-order valence-electron chi connectivity index (χ3n) is 5.42. The zero-order chi connectivity index (χ0) is 25.3. The van der Waals surface area contributed by atoms with Crippen molar-refractivity contribution in [1.82, 2.24) is 4.98 Å². The summed E-state index contributed by atoms with van der Waals surface area (Å²) in [5, 5.41) is 0. The molecule has 0 aliphatic rings. The summed E-state index contributed by atoms with van der Waals surface area (Å²) in [7, 11) is 1.42. The predicted molar refractivity (Wildman–Crippen MR) is 126 cm³/mol. The number of hydrogen-bond acceptors (Lipinski definition) is 8. The SMILES string of the molecule is COc1ccnc(C(=O)C[C@@H](C)C(=O)O[C@@H](C)[C@@H](c2ccccc2)C(C)C)c1OCOC(C)=O. The Balaban J connectivity index is 2.10. The van der Waals surface area contributed by atoms with Crippen LogP contribution in [-0.2, 0) is 19.1 Å². The Labute approximate surface area is 200 Å². The lowest BCUT2D eigenvalue weighted by molar-refractivity contribution is -0.154. The molecule has 1 aromatic carbocycles. The molecular weight excluding hydrogens is 438 g/mol. The number of benzene rings is 1. The Morgan fingerprint density at radius 2 is 1.68 bits per heavy atom. The van der Waals surface area contributed by atoms with E-state index in [0.29, 0.717) is 0 Å². The van der Waals surface area contributed by atoms with Crippen LogP contribution in [0.5, 0.6) is 11.5 Å². The zero-order valence-corrected chi connectivity index (χ0v) is 20.6. The van der Waals surface area contributed by atoms with Gasteiger partial charge in [0.15, 0.2) is 23.0 Å². The van der Waals surface area contributed by atoms with Gasteiger partial charge in [-0.05, 0) is 18.4 Å². The summed E-state index contributed by atoms with van der Waals surface area (Å²) in [6.45, 7) is 8.52. The molecule has 0 spiro atoms.